The molecule has 11 heteroatoms. The summed E-state index contributed by atoms with van der Waals surface area (Å²) < 4.78 is 32.7. The number of piperazine rings is 1. The fourth-order valence-electron chi connectivity index (χ4n) is 4.65. The quantitative estimate of drug-likeness (QED) is 0.538. The van der Waals surface area contributed by atoms with Crippen LogP contribution in [0.3, 0.4) is 0 Å². The lowest BCUT2D eigenvalue weighted by Crippen LogP contribution is -3.19. The highest BCUT2D eigenvalue weighted by atomic mass is 32.2. The minimum absolute atomic E-state index is 0.165. The minimum atomic E-state index is -3.48. The van der Waals surface area contributed by atoms with Gasteiger partial charge in [0.2, 0.25) is 0 Å². The lowest BCUT2D eigenvalue weighted by atomic mass is 9.88. The Morgan fingerprint density at radius 3 is 2.71 bits per heavy atom. The van der Waals surface area contributed by atoms with Crippen LogP contribution in [0, 0.1) is 5.92 Å². The molecule has 2 aromatic heterocycles. The highest BCUT2D eigenvalue weighted by Gasteiger charge is 2.36. The van der Waals surface area contributed by atoms with Gasteiger partial charge in [-0.2, -0.15) is 4.31 Å². The number of nitrogens with one attached hydrogen (secondary N) is 2. The number of ether oxygens (including phenoxy) is 1. The predicted molar refractivity (Wildman–Crippen MR) is 133 cm³/mol. The van der Waals surface area contributed by atoms with Crippen molar-refractivity contribution in [3.63, 3.8) is 0 Å². The van der Waals surface area contributed by atoms with Crippen molar-refractivity contribution in [2.45, 2.75) is 50.3 Å². The fourth-order valence-corrected chi connectivity index (χ4v) is 8.64. The number of rotatable bonds is 7. The van der Waals surface area contributed by atoms with Crippen molar-refractivity contribution < 1.29 is 27.6 Å². The second-order valence-electron chi connectivity index (χ2n) is 8.98. The van der Waals surface area contributed by atoms with E-state index in [1.165, 1.54) is 27.0 Å². The molecule has 186 valence electrons. The minimum Gasteiger partial charge on any atom is -0.462 e. The van der Waals surface area contributed by atoms with E-state index >= 15 is 0 Å². The Balaban J connectivity index is 1.44. The van der Waals surface area contributed by atoms with Crippen LogP contribution < -0.4 is 10.2 Å². The number of hydrogen-bond donors (Lipinski definition) is 2. The summed E-state index contributed by atoms with van der Waals surface area (Å²) in [6.45, 7) is 7.94. The van der Waals surface area contributed by atoms with Gasteiger partial charge in [0.05, 0.1) is 38.3 Å². The number of anilines is 1. The van der Waals surface area contributed by atoms with Gasteiger partial charge in [-0.25, -0.2) is 13.2 Å². The first-order chi connectivity index (χ1) is 16.2. The lowest BCUT2D eigenvalue weighted by Gasteiger charge is -2.33. The van der Waals surface area contributed by atoms with E-state index in [4.69, 9.17) is 4.74 Å². The summed E-state index contributed by atoms with van der Waals surface area (Å²) >= 11 is 2.70. The second-order valence-corrected chi connectivity index (χ2v) is 13.2. The van der Waals surface area contributed by atoms with E-state index < -0.39 is 10.0 Å². The number of quaternary nitrogens is 1. The molecule has 0 aromatic carbocycles. The van der Waals surface area contributed by atoms with Crippen LogP contribution in [0.15, 0.2) is 21.7 Å². The Kier molecular flexibility index (Phi) is 7.78. The molecule has 0 unspecified atom stereocenters. The van der Waals surface area contributed by atoms with Crippen molar-refractivity contribution >= 4 is 49.6 Å². The van der Waals surface area contributed by atoms with Gasteiger partial charge in [0.25, 0.3) is 15.9 Å². The maximum Gasteiger partial charge on any atom is 0.341 e. The van der Waals surface area contributed by atoms with Gasteiger partial charge in [-0.1, -0.05) is 13.0 Å². The second kappa shape index (κ2) is 10.4. The van der Waals surface area contributed by atoms with Crippen LogP contribution in [0.2, 0.25) is 0 Å². The monoisotopic (exact) mass is 526 g/mol. The zero-order valence-corrected chi connectivity index (χ0v) is 22.2. The molecule has 8 nitrogen and oxygen atoms in total. The Labute approximate surface area is 208 Å². The zero-order chi connectivity index (χ0) is 24.5. The average Bonchev–Trinajstić information content (AvgIpc) is 3.47. The number of carbonyl (C=O) groups is 2. The van der Waals surface area contributed by atoms with Crippen molar-refractivity contribution in [2.75, 3.05) is 38.1 Å². The van der Waals surface area contributed by atoms with Crippen molar-refractivity contribution in [3.8, 4) is 0 Å². The molecule has 0 spiro atoms. The maximum absolute atomic E-state index is 13.2. The standard InChI is InChI=1S/C23H31N3O5S3/c1-4-31-23(28)20-17-8-7-15(2)14-18(17)33-22(20)24-21(27)16(3)25-9-11-26(12-10-25)34(29,30)19-6-5-13-32-19/h5-6,13,15-16H,4,7-12,14H2,1-3H3,(H,24,27)/p+1/t15-,16+/m1/s1. The van der Waals surface area contributed by atoms with Crippen LogP contribution in [-0.4, -0.2) is 63.4 Å². The number of carbonyl (C=O) groups excluding carboxylic acids is 2. The van der Waals surface area contributed by atoms with E-state index in [2.05, 4.69) is 12.2 Å². The van der Waals surface area contributed by atoms with Gasteiger partial charge >= 0.3 is 5.97 Å². The third-order valence-electron chi connectivity index (χ3n) is 6.69. The first kappa shape index (κ1) is 25.3. The van der Waals surface area contributed by atoms with Crippen molar-refractivity contribution in [3.05, 3.63) is 33.5 Å². The third-order valence-corrected chi connectivity index (χ3v) is 11.1. The van der Waals surface area contributed by atoms with Crippen LogP contribution >= 0.6 is 22.7 Å². The topological polar surface area (TPSA) is 97.2 Å². The fraction of sp³-hybridized carbons (Fsp3) is 0.565. The Morgan fingerprint density at radius 1 is 1.32 bits per heavy atom. The maximum atomic E-state index is 13.2. The van der Waals surface area contributed by atoms with E-state index in [9.17, 15) is 18.0 Å². The van der Waals surface area contributed by atoms with Gasteiger partial charge in [0, 0.05) is 4.88 Å². The van der Waals surface area contributed by atoms with Gasteiger partial charge in [0.1, 0.15) is 9.21 Å². The Bertz CT molecular complexity index is 1140. The van der Waals surface area contributed by atoms with Crippen LogP contribution in [0.4, 0.5) is 5.00 Å². The summed E-state index contributed by atoms with van der Waals surface area (Å²) in [6.07, 6.45) is 2.74. The summed E-state index contributed by atoms with van der Waals surface area (Å²) in [4.78, 5) is 28.1. The van der Waals surface area contributed by atoms with E-state index in [-0.39, 0.29) is 24.5 Å². The number of esters is 1. The van der Waals surface area contributed by atoms with Crippen molar-refractivity contribution in [1.29, 1.82) is 0 Å². The first-order valence-electron chi connectivity index (χ1n) is 11.7. The molecule has 1 fully saturated rings. The van der Waals surface area contributed by atoms with E-state index in [1.54, 1.807) is 24.4 Å². The highest BCUT2D eigenvalue weighted by Crippen LogP contribution is 2.40. The summed E-state index contributed by atoms with van der Waals surface area (Å²) in [5.41, 5.74) is 1.53. The molecule has 34 heavy (non-hydrogen) atoms. The molecule has 0 saturated carbocycles. The molecule has 0 radical (unpaired) electrons. The van der Waals surface area contributed by atoms with E-state index in [1.807, 2.05) is 6.92 Å². The molecule has 3 heterocycles. The number of amides is 1. The smallest absolute Gasteiger partial charge is 0.341 e. The summed E-state index contributed by atoms with van der Waals surface area (Å²) in [7, 11) is -3.48. The molecule has 2 N–H and O–H groups in total. The molecule has 1 aliphatic carbocycles. The number of nitrogens with zero attached hydrogens (tertiary/aromatic N) is 1. The zero-order valence-electron chi connectivity index (χ0n) is 19.8. The Hall–Kier alpha value is -1.79. The van der Waals surface area contributed by atoms with Crippen LogP contribution in [0.1, 0.15) is 48.0 Å². The summed E-state index contributed by atoms with van der Waals surface area (Å²) in [6, 6.07) is 2.98. The first-order valence-corrected chi connectivity index (χ1v) is 14.9. The SMILES string of the molecule is CCOC(=O)c1c(NC(=O)[C@H](C)[NH+]2CCN(S(=O)(=O)c3cccs3)CC2)sc2c1CC[C@@H](C)C2. The molecule has 2 aromatic rings. The van der Waals surface area contributed by atoms with Gasteiger partial charge in [0.15, 0.2) is 6.04 Å². The van der Waals surface area contributed by atoms with Gasteiger partial charge in [-0.3, -0.25) is 4.79 Å². The molecule has 1 amide bonds. The molecule has 4 rings (SSSR count). The van der Waals surface area contributed by atoms with Crippen LogP contribution in [-0.2, 0) is 32.4 Å². The van der Waals surface area contributed by atoms with E-state index in [0.717, 1.165) is 34.6 Å². The number of hydrogen-bond acceptors (Lipinski definition) is 7. The van der Waals surface area contributed by atoms with Crippen LogP contribution in [0.5, 0.6) is 0 Å². The van der Waals surface area contributed by atoms with Gasteiger partial charge in [-0.15, -0.1) is 22.7 Å². The Morgan fingerprint density at radius 2 is 2.06 bits per heavy atom. The summed E-state index contributed by atoms with van der Waals surface area (Å²) in [5.74, 6) is 0.00822. The van der Waals surface area contributed by atoms with Gasteiger partial charge < -0.3 is 15.0 Å². The lowest BCUT2D eigenvalue weighted by molar-refractivity contribution is -0.917. The normalized spacial score (nSPS) is 20.5. The number of sulfonamides is 1. The number of fused-ring (bicyclic) bond motifs is 1. The third kappa shape index (κ3) is 5.08. The highest BCUT2D eigenvalue weighted by molar-refractivity contribution is 7.91. The molecular formula is C23H32N3O5S3+. The molecule has 2 atom stereocenters. The molecular weight excluding hydrogens is 494 g/mol. The molecule has 2 aliphatic rings. The predicted octanol–water partition coefficient (Wildman–Crippen LogP) is 2.03. The number of thiophene rings is 2. The molecule has 1 saturated heterocycles. The van der Waals surface area contributed by atoms with Crippen LogP contribution in [0.25, 0.3) is 0 Å². The molecule has 0 bridgehead atoms. The molecule has 1 aliphatic heterocycles. The van der Waals surface area contributed by atoms with E-state index in [0.29, 0.717) is 46.9 Å². The van der Waals surface area contributed by atoms with Crippen molar-refractivity contribution in [2.24, 2.45) is 5.92 Å². The average molecular weight is 527 g/mol. The van der Waals surface area contributed by atoms with Gasteiger partial charge in [-0.05, 0) is 56.0 Å². The summed E-state index contributed by atoms with van der Waals surface area (Å²) in [5, 5.41) is 5.35. The largest absolute Gasteiger partial charge is 0.462 e. The van der Waals surface area contributed by atoms with Crippen molar-refractivity contribution in [1.82, 2.24) is 4.31 Å².